The number of nitrogens with one attached hydrogen (secondary N) is 3. The second-order valence-electron chi connectivity index (χ2n) is 4.70. The van der Waals surface area contributed by atoms with Gasteiger partial charge in [-0.3, -0.25) is 4.79 Å². The number of anilines is 1. The average molecular weight is 297 g/mol. The molecule has 0 atom stereocenters. The highest BCUT2D eigenvalue weighted by Crippen LogP contribution is 2.21. The summed E-state index contributed by atoms with van der Waals surface area (Å²) in [6.07, 6.45) is 2.19. The van der Waals surface area contributed by atoms with Crippen LogP contribution in [-0.2, 0) is 14.8 Å². The predicted octanol–water partition coefficient (Wildman–Crippen LogP) is 0.675. The van der Waals surface area contributed by atoms with Gasteiger partial charge in [0.1, 0.15) is 4.90 Å². The highest BCUT2D eigenvalue weighted by molar-refractivity contribution is 7.89. The van der Waals surface area contributed by atoms with Crippen molar-refractivity contribution >= 4 is 21.6 Å². The molecule has 6 nitrogen and oxygen atoms in total. The van der Waals surface area contributed by atoms with Crippen LogP contribution in [0.25, 0.3) is 0 Å². The Labute approximate surface area is 119 Å². The molecule has 0 aliphatic heterocycles. The minimum absolute atomic E-state index is 0.0848. The van der Waals surface area contributed by atoms with E-state index >= 15 is 0 Å². The molecule has 1 aliphatic rings. The van der Waals surface area contributed by atoms with E-state index in [9.17, 15) is 13.2 Å². The van der Waals surface area contributed by atoms with Crippen LogP contribution >= 0.6 is 0 Å². The zero-order chi connectivity index (χ0) is 14.6. The fourth-order valence-electron chi connectivity index (χ4n) is 1.79. The maximum atomic E-state index is 12.0. The van der Waals surface area contributed by atoms with Gasteiger partial charge in [0.2, 0.25) is 15.9 Å². The predicted molar refractivity (Wildman–Crippen MR) is 77.0 cm³/mol. The smallest absolute Gasteiger partial charge is 0.242 e. The van der Waals surface area contributed by atoms with Crippen molar-refractivity contribution < 1.29 is 13.2 Å². The van der Waals surface area contributed by atoms with E-state index < -0.39 is 10.0 Å². The molecular weight excluding hydrogens is 278 g/mol. The fourth-order valence-corrected chi connectivity index (χ4v) is 2.99. The number of sulfonamides is 1. The van der Waals surface area contributed by atoms with Crippen LogP contribution in [0.2, 0.25) is 0 Å². The third kappa shape index (κ3) is 4.03. The number of para-hydroxylation sites is 1. The lowest BCUT2D eigenvalue weighted by Crippen LogP contribution is -2.30. The molecule has 0 radical (unpaired) electrons. The second kappa shape index (κ2) is 6.34. The number of carbonyl (C=O) groups is 1. The van der Waals surface area contributed by atoms with Crippen LogP contribution in [-0.4, -0.2) is 33.5 Å². The summed E-state index contributed by atoms with van der Waals surface area (Å²) in [6, 6.07) is 6.81. The molecule has 110 valence electrons. The first-order valence-electron chi connectivity index (χ1n) is 6.65. The van der Waals surface area contributed by atoms with Crippen molar-refractivity contribution in [3.63, 3.8) is 0 Å². The molecule has 0 unspecified atom stereocenters. The van der Waals surface area contributed by atoms with Gasteiger partial charge in [0.15, 0.2) is 0 Å². The van der Waals surface area contributed by atoms with E-state index in [4.69, 9.17) is 0 Å². The van der Waals surface area contributed by atoms with Crippen molar-refractivity contribution in [1.82, 2.24) is 10.0 Å². The maximum Gasteiger partial charge on any atom is 0.242 e. The summed E-state index contributed by atoms with van der Waals surface area (Å²) in [6.45, 7) is 2.20. The van der Waals surface area contributed by atoms with Gasteiger partial charge in [-0.15, -0.1) is 0 Å². The number of rotatable bonds is 7. The lowest BCUT2D eigenvalue weighted by molar-refractivity contribution is -0.115. The molecule has 1 fully saturated rings. The van der Waals surface area contributed by atoms with E-state index in [-0.39, 0.29) is 17.3 Å². The summed E-state index contributed by atoms with van der Waals surface area (Å²) in [4.78, 5) is 11.9. The molecule has 20 heavy (non-hydrogen) atoms. The molecule has 0 saturated heterocycles. The first-order valence-corrected chi connectivity index (χ1v) is 8.13. The van der Waals surface area contributed by atoms with Crippen LogP contribution in [0.1, 0.15) is 19.8 Å². The summed E-state index contributed by atoms with van der Waals surface area (Å²) < 4.78 is 26.5. The van der Waals surface area contributed by atoms with E-state index in [0.29, 0.717) is 18.3 Å². The molecule has 1 aliphatic carbocycles. The summed E-state index contributed by atoms with van der Waals surface area (Å²) in [5, 5.41) is 5.72. The minimum Gasteiger partial charge on any atom is -0.324 e. The van der Waals surface area contributed by atoms with Gasteiger partial charge >= 0.3 is 0 Å². The van der Waals surface area contributed by atoms with Gasteiger partial charge in [-0.25, -0.2) is 13.1 Å². The zero-order valence-electron chi connectivity index (χ0n) is 11.3. The molecule has 1 aromatic rings. The van der Waals surface area contributed by atoms with Crippen LogP contribution in [0.15, 0.2) is 29.2 Å². The molecule has 0 bridgehead atoms. The average Bonchev–Trinajstić information content (AvgIpc) is 3.21. The van der Waals surface area contributed by atoms with Crippen molar-refractivity contribution in [2.45, 2.75) is 30.7 Å². The second-order valence-corrected chi connectivity index (χ2v) is 6.44. The Kier molecular flexibility index (Phi) is 4.74. The quantitative estimate of drug-likeness (QED) is 0.690. The first kappa shape index (κ1) is 15.0. The third-order valence-electron chi connectivity index (χ3n) is 2.91. The fraction of sp³-hybridized carbons (Fsp3) is 0.462. The number of benzene rings is 1. The Balaban J connectivity index is 2.08. The summed E-state index contributed by atoms with van der Waals surface area (Å²) in [5.41, 5.74) is 0.302. The van der Waals surface area contributed by atoms with Crippen molar-refractivity contribution in [2.75, 3.05) is 18.4 Å². The summed E-state index contributed by atoms with van der Waals surface area (Å²) in [5.74, 6) is -0.240. The van der Waals surface area contributed by atoms with Crippen molar-refractivity contribution in [3.05, 3.63) is 24.3 Å². The van der Waals surface area contributed by atoms with E-state index in [2.05, 4.69) is 15.4 Å². The Morgan fingerprint density at radius 2 is 2.00 bits per heavy atom. The molecule has 2 rings (SSSR count). The van der Waals surface area contributed by atoms with Crippen LogP contribution in [0.4, 0.5) is 5.69 Å². The summed E-state index contributed by atoms with van der Waals surface area (Å²) >= 11 is 0. The van der Waals surface area contributed by atoms with Gasteiger partial charge in [-0.2, -0.15) is 0 Å². The maximum absolute atomic E-state index is 12.0. The number of carbonyl (C=O) groups excluding carboxylic acids is 1. The van der Waals surface area contributed by atoms with Gasteiger partial charge < -0.3 is 10.6 Å². The van der Waals surface area contributed by atoms with E-state index in [0.717, 1.165) is 12.8 Å². The number of amides is 1. The molecule has 3 N–H and O–H groups in total. The monoisotopic (exact) mass is 297 g/mol. The van der Waals surface area contributed by atoms with E-state index in [1.807, 2.05) is 0 Å². The lowest BCUT2D eigenvalue weighted by atomic mass is 10.3. The van der Waals surface area contributed by atoms with Crippen LogP contribution in [0.3, 0.4) is 0 Å². The highest BCUT2D eigenvalue weighted by atomic mass is 32.2. The van der Waals surface area contributed by atoms with Crippen LogP contribution < -0.4 is 15.4 Å². The molecule has 0 aromatic heterocycles. The molecule has 1 amide bonds. The van der Waals surface area contributed by atoms with Crippen LogP contribution in [0, 0.1) is 0 Å². The molecular formula is C13H19N3O3S. The Bertz CT molecular complexity index is 582. The third-order valence-corrected chi connectivity index (χ3v) is 4.52. The zero-order valence-corrected chi connectivity index (χ0v) is 12.2. The standard InChI is InChI=1S/C13H19N3O3S/c1-2-15-20(18,19)12-6-4-3-5-11(12)16-13(17)9-14-10-7-8-10/h3-6,10,14-15H,2,7-9H2,1H3,(H,16,17). The SMILES string of the molecule is CCNS(=O)(=O)c1ccccc1NC(=O)CNC1CC1. The Morgan fingerprint density at radius 3 is 2.65 bits per heavy atom. The van der Waals surface area contributed by atoms with Gasteiger partial charge in [0, 0.05) is 12.6 Å². The topological polar surface area (TPSA) is 87.3 Å². The molecule has 1 aromatic carbocycles. The van der Waals surface area contributed by atoms with Crippen molar-refractivity contribution in [3.8, 4) is 0 Å². The molecule has 0 spiro atoms. The highest BCUT2D eigenvalue weighted by Gasteiger charge is 2.22. The van der Waals surface area contributed by atoms with Crippen molar-refractivity contribution in [1.29, 1.82) is 0 Å². The largest absolute Gasteiger partial charge is 0.324 e. The van der Waals surface area contributed by atoms with Crippen LogP contribution in [0.5, 0.6) is 0 Å². The van der Waals surface area contributed by atoms with Gasteiger partial charge in [0.05, 0.1) is 12.2 Å². The molecule has 0 heterocycles. The van der Waals surface area contributed by atoms with Crippen molar-refractivity contribution in [2.24, 2.45) is 0 Å². The van der Waals surface area contributed by atoms with E-state index in [1.165, 1.54) is 6.07 Å². The number of hydrogen-bond donors (Lipinski definition) is 3. The van der Waals surface area contributed by atoms with Gasteiger partial charge in [-0.1, -0.05) is 19.1 Å². The van der Waals surface area contributed by atoms with E-state index in [1.54, 1.807) is 25.1 Å². The molecule has 1 saturated carbocycles. The lowest BCUT2D eigenvalue weighted by Gasteiger charge is -2.12. The van der Waals surface area contributed by atoms with Gasteiger partial charge in [-0.05, 0) is 25.0 Å². The summed E-state index contributed by atoms with van der Waals surface area (Å²) in [7, 11) is -3.59. The normalized spacial score (nSPS) is 15.1. The number of hydrogen-bond acceptors (Lipinski definition) is 4. The minimum atomic E-state index is -3.59. The van der Waals surface area contributed by atoms with Gasteiger partial charge in [0.25, 0.3) is 0 Å². The Hall–Kier alpha value is -1.44. The first-order chi connectivity index (χ1) is 9.53. The molecule has 7 heteroatoms. The Morgan fingerprint density at radius 1 is 1.30 bits per heavy atom.